The lowest BCUT2D eigenvalue weighted by Gasteiger charge is -2.36. The zero-order valence-corrected chi connectivity index (χ0v) is 29.8. The first kappa shape index (κ1) is 41.5. The molecular formula is C33H61N5O7S. The van der Waals surface area contributed by atoms with Crippen molar-refractivity contribution in [1.29, 1.82) is 0 Å². The van der Waals surface area contributed by atoms with Gasteiger partial charge in [0.15, 0.2) is 0 Å². The van der Waals surface area contributed by atoms with Crippen LogP contribution >= 0.6 is 0 Å². The Balaban J connectivity index is 0.000000452. The van der Waals surface area contributed by atoms with Crippen LogP contribution in [0.5, 0.6) is 0 Å². The summed E-state index contributed by atoms with van der Waals surface area (Å²) in [5.74, 6) is -1.99. The van der Waals surface area contributed by atoms with Crippen molar-refractivity contribution < 1.29 is 32.4 Å². The second kappa shape index (κ2) is 22.1. The molecule has 0 spiro atoms. The van der Waals surface area contributed by atoms with Crippen LogP contribution in [-0.2, 0) is 33.8 Å². The van der Waals surface area contributed by atoms with Crippen LogP contribution in [0.3, 0.4) is 0 Å². The molecule has 0 aromatic heterocycles. The molecule has 3 aliphatic rings. The van der Waals surface area contributed by atoms with Gasteiger partial charge in [0, 0.05) is 24.9 Å². The standard InChI is InChI=1S/C18H30N4O5.C9H19NO2S.C6H12/c1-4-6-13(16(25)18(27)20-8-5-2)21-17(26)15-12(3)7-9-22(15)14(24)10-19-11-23;1-10-9(8-13(2,11)12)6-4-3-5-7-9;1-2-4-6-5-3-1/h11-13,15H,4-10H2,1-3H3,(H,19,23)(H,20,27)(H,21,26);10H,3-8H2,1-2H3;1-6H2. The highest BCUT2D eigenvalue weighted by atomic mass is 32.2. The van der Waals surface area contributed by atoms with E-state index in [0.717, 1.165) is 25.7 Å². The van der Waals surface area contributed by atoms with E-state index < -0.39 is 39.5 Å². The van der Waals surface area contributed by atoms with Gasteiger partial charge in [0.25, 0.3) is 5.91 Å². The lowest BCUT2D eigenvalue weighted by Crippen LogP contribution is -2.55. The minimum Gasteiger partial charge on any atom is -0.350 e. The summed E-state index contributed by atoms with van der Waals surface area (Å²) in [4.78, 5) is 61.2. The molecule has 2 aliphatic carbocycles. The van der Waals surface area contributed by atoms with Gasteiger partial charge < -0.3 is 26.2 Å². The van der Waals surface area contributed by atoms with Crippen LogP contribution in [0, 0.1) is 5.92 Å². The molecule has 1 saturated heterocycles. The van der Waals surface area contributed by atoms with E-state index in [1.165, 1.54) is 56.1 Å². The number of sulfone groups is 1. The smallest absolute Gasteiger partial charge is 0.289 e. The molecule has 3 unspecified atom stereocenters. The molecule has 0 aromatic rings. The Morgan fingerprint density at radius 2 is 1.50 bits per heavy atom. The molecule has 2 saturated carbocycles. The number of carbonyl (C=O) groups is 5. The predicted octanol–water partition coefficient (Wildman–Crippen LogP) is 2.64. The summed E-state index contributed by atoms with van der Waals surface area (Å²) in [6.07, 6.45) is 18.6. The Hall–Kier alpha value is -2.54. The number of nitrogens with zero attached hydrogens (tertiary/aromatic N) is 1. The molecule has 4 N–H and O–H groups in total. The summed E-state index contributed by atoms with van der Waals surface area (Å²) < 4.78 is 22.4. The predicted molar refractivity (Wildman–Crippen MR) is 181 cm³/mol. The van der Waals surface area contributed by atoms with Crippen LogP contribution in [0.15, 0.2) is 0 Å². The summed E-state index contributed by atoms with van der Waals surface area (Å²) in [7, 11) is -0.985. The van der Waals surface area contributed by atoms with Crippen molar-refractivity contribution in [2.75, 3.05) is 38.7 Å². The Morgan fingerprint density at radius 3 is 1.98 bits per heavy atom. The Kier molecular flexibility index (Phi) is 19.9. The number of hydrogen-bond acceptors (Lipinski definition) is 8. The maximum absolute atomic E-state index is 12.8. The Bertz CT molecular complexity index is 1050. The summed E-state index contributed by atoms with van der Waals surface area (Å²) in [5, 5.41) is 10.7. The van der Waals surface area contributed by atoms with Crippen molar-refractivity contribution in [3.63, 3.8) is 0 Å². The fourth-order valence-corrected chi connectivity index (χ4v) is 7.85. The zero-order chi connectivity index (χ0) is 34.6. The van der Waals surface area contributed by atoms with Gasteiger partial charge in [-0.1, -0.05) is 85.0 Å². The van der Waals surface area contributed by atoms with Crippen LogP contribution in [0.1, 0.15) is 117 Å². The molecule has 266 valence electrons. The molecule has 3 rings (SSSR count). The third-order valence-electron chi connectivity index (χ3n) is 8.97. The van der Waals surface area contributed by atoms with E-state index >= 15 is 0 Å². The van der Waals surface area contributed by atoms with Crippen molar-refractivity contribution in [3.8, 4) is 0 Å². The van der Waals surface area contributed by atoms with Gasteiger partial charge in [0.05, 0.1) is 18.3 Å². The van der Waals surface area contributed by atoms with E-state index in [9.17, 15) is 32.4 Å². The number of rotatable bonds is 14. The third-order valence-corrected chi connectivity index (χ3v) is 10.1. The van der Waals surface area contributed by atoms with Gasteiger partial charge in [-0.2, -0.15) is 0 Å². The van der Waals surface area contributed by atoms with Crippen LogP contribution < -0.4 is 21.3 Å². The minimum absolute atomic E-state index is 0.0866. The fourth-order valence-electron chi connectivity index (χ4n) is 6.41. The van der Waals surface area contributed by atoms with Gasteiger partial charge >= 0.3 is 0 Å². The molecule has 1 aliphatic heterocycles. The number of amides is 4. The largest absolute Gasteiger partial charge is 0.350 e. The van der Waals surface area contributed by atoms with E-state index in [1.807, 2.05) is 27.8 Å². The number of hydrogen-bond donors (Lipinski definition) is 4. The fraction of sp³-hybridized carbons (Fsp3) is 0.848. The summed E-state index contributed by atoms with van der Waals surface area (Å²) >= 11 is 0. The lowest BCUT2D eigenvalue weighted by atomic mass is 9.83. The third kappa shape index (κ3) is 15.4. The maximum Gasteiger partial charge on any atom is 0.289 e. The van der Waals surface area contributed by atoms with Crippen LogP contribution in [0.2, 0.25) is 0 Å². The Labute approximate surface area is 277 Å². The van der Waals surface area contributed by atoms with Crippen LogP contribution in [-0.4, -0.2) is 99.5 Å². The Morgan fingerprint density at radius 1 is 0.935 bits per heavy atom. The number of nitrogens with one attached hydrogen (secondary N) is 4. The maximum atomic E-state index is 12.8. The van der Waals surface area contributed by atoms with Gasteiger partial charge in [-0.25, -0.2) is 8.42 Å². The first-order valence-electron chi connectivity index (χ1n) is 17.3. The van der Waals surface area contributed by atoms with E-state index in [-0.39, 0.29) is 29.7 Å². The molecule has 3 fully saturated rings. The number of carbonyl (C=O) groups excluding carboxylic acids is 5. The van der Waals surface area contributed by atoms with Crippen molar-refractivity contribution in [2.45, 2.75) is 135 Å². The van der Waals surface area contributed by atoms with E-state index in [2.05, 4.69) is 21.3 Å². The van der Waals surface area contributed by atoms with E-state index in [1.54, 1.807) is 0 Å². The van der Waals surface area contributed by atoms with Crippen molar-refractivity contribution in [3.05, 3.63) is 0 Å². The summed E-state index contributed by atoms with van der Waals surface area (Å²) in [6, 6.07) is -1.64. The van der Waals surface area contributed by atoms with Gasteiger partial charge in [-0.3, -0.25) is 24.0 Å². The average molecular weight is 672 g/mol. The van der Waals surface area contributed by atoms with Gasteiger partial charge in [0.1, 0.15) is 15.9 Å². The molecule has 0 aromatic carbocycles. The average Bonchev–Trinajstić information content (AvgIpc) is 3.44. The first-order valence-corrected chi connectivity index (χ1v) is 19.4. The number of Topliss-reactive ketones (excluding diaryl/α,β-unsaturated/α-hetero) is 1. The molecule has 46 heavy (non-hydrogen) atoms. The molecule has 0 radical (unpaired) electrons. The SMILES string of the molecule is C1CCCCC1.CCCNC(=O)C(=O)C(CCC)NC(=O)C1C(C)CCN1C(=O)CNC=O.CNC1(CS(C)(=O)=O)CCCCC1. The quantitative estimate of drug-likeness (QED) is 0.161. The van der Waals surface area contributed by atoms with Gasteiger partial charge in [-0.15, -0.1) is 0 Å². The van der Waals surface area contributed by atoms with E-state index in [0.29, 0.717) is 45.2 Å². The first-order chi connectivity index (χ1) is 21.8. The topological polar surface area (TPSA) is 171 Å². The van der Waals surface area contributed by atoms with Gasteiger partial charge in [0.2, 0.25) is 24.0 Å². The molecule has 3 atom stereocenters. The monoisotopic (exact) mass is 671 g/mol. The second-order valence-electron chi connectivity index (χ2n) is 13.0. The summed E-state index contributed by atoms with van der Waals surface area (Å²) in [5.41, 5.74) is -0.133. The minimum atomic E-state index is -2.86. The molecule has 13 heteroatoms. The van der Waals surface area contributed by atoms with E-state index in [4.69, 9.17) is 0 Å². The zero-order valence-electron chi connectivity index (χ0n) is 29.0. The molecule has 4 amide bonds. The molecule has 1 heterocycles. The highest BCUT2D eigenvalue weighted by molar-refractivity contribution is 7.90. The summed E-state index contributed by atoms with van der Waals surface area (Å²) in [6.45, 7) is 6.20. The highest BCUT2D eigenvalue weighted by Gasteiger charge is 2.40. The highest BCUT2D eigenvalue weighted by Crippen LogP contribution is 2.29. The number of likely N-dealkylation sites (tertiary alicyclic amines) is 1. The van der Waals surface area contributed by atoms with Crippen molar-refractivity contribution >= 4 is 39.8 Å². The molecular weight excluding hydrogens is 610 g/mol. The van der Waals surface area contributed by atoms with Crippen LogP contribution in [0.25, 0.3) is 0 Å². The number of ketones is 1. The van der Waals surface area contributed by atoms with Crippen molar-refractivity contribution in [2.24, 2.45) is 5.92 Å². The van der Waals surface area contributed by atoms with Gasteiger partial charge in [-0.05, 0) is 45.1 Å². The second-order valence-corrected chi connectivity index (χ2v) is 15.2. The molecule has 0 bridgehead atoms. The lowest BCUT2D eigenvalue weighted by molar-refractivity contribution is -0.142. The molecule has 12 nitrogen and oxygen atoms in total. The normalized spacial score (nSPS) is 21.3. The van der Waals surface area contributed by atoms with Crippen LogP contribution in [0.4, 0.5) is 0 Å². The van der Waals surface area contributed by atoms with Crippen molar-refractivity contribution in [1.82, 2.24) is 26.2 Å².